The van der Waals surface area contributed by atoms with E-state index in [2.05, 4.69) is 15.3 Å². The summed E-state index contributed by atoms with van der Waals surface area (Å²) in [5.41, 5.74) is 6.68. The minimum absolute atomic E-state index is 0.0685. The molecule has 236 valence electrons. The van der Waals surface area contributed by atoms with Crippen LogP contribution in [0.4, 0.5) is 24.9 Å². The fraction of sp³-hybridized carbons (Fsp3) is 0.364. The SMILES string of the molecule is CCOC(=O)[C@@H]1CC2(CCN(c3cc(O[C@H](c4ccc(Cl)cc4-c4ccc5ccccc5c4)C(F)(F)F)nc(N)n3)CC2)CN1. The Morgan fingerprint density at radius 1 is 1.09 bits per heavy atom. The molecule has 2 aliphatic heterocycles. The van der Waals surface area contributed by atoms with Crippen LogP contribution >= 0.6 is 11.6 Å². The Balaban J connectivity index is 1.25. The summed E-state index contributed by atoms with van der Waals surface area (Å²) in [4.78, 5) is 22.5. The van der Waals surface area contributed by atoms with E-state index in [9.17, 15) is 18.0 Å². The zero-order valence-corrected chi connectivity index (χ0v) is 25.4. The van der Waals surface area contributed by atoms with Gasteiger partial charge in [-0.2, -0.15) is 23.1 Å². The Kier molecular flexibility index (Phi) is 8.49. The van der Waals surface area contributed by atoms with Crippen molar-refractivity contribution < 1.29 is 27.4 Å². The number of nitrogens with one attached hydrogen (secondary N) is 1. The van der Waals surface area contributed by atoms with Gasteiger partial charge in [0.15, 0.2) is 0 Å². The number of esters is 1. The van der Waals surface area contributed by atoms with E-state index in [-0.39, 0.29) is 34.8 Å². The molecular formula is C33H33ClF3N5O3. The summed E-state index contributed by atoms with van der Waals surface area (Å²) in [7, 11) is 0. The van der Waals surface area contributed by atoms with Gasteiger partial charge >= 0.3 is 12.1 Å². The van der Waals surface area contributed by atoms with Gasteiger partial charge in [0.25, 0.3) is 0 Å². The molecule has 3 N–H and O–H groups in total. The monoisotopic (exact) mass is 639 g/mol. The van der Waals surface area contributed by atoms with Crippen LogP contribution in [0, 0.1) is 5.41 Å². The summed E-state index contributed by atoms with van der Waals surface area (Å²) in [6.45, 7) is 3.97. The van der Waals surface area contributed by atoms with Gasteiger partial charge in [0, 0.05) is 36.3 Å². The van der Waals surface area contributed by atoms with Crippen LogP contribution in [0.15, 0.2) is 66.7 Å². The van der Waals surface area contributed by atoms with Gasteiger partial charge in [-0.1, -0.05) is 54.1 Å². The van der Waals surface area contributed by atoms with Crippen LogP contribution in [0.3, 0.4) is 0 Å². The lowest BCUT2D eigenvalue weighted by Gasteiger charge is -2.39. The van der Waals surface area contributed by atoms with Gasteiger partial charge in [-0.25, -0.2) is 0 Å². The van der Waals surface area contributed by atoms with E-state index < -0.39 is 12.3 Å². The standard InChI is InChI=1S/C33H33ClF3N5O3/c1-2-44-30(43)26-18-32(19-39-26)11-13-42(14-12-32)27-17-28(41-31(38)40-27)45-29(33(35,36)37)24-10-9-23(34)16-25(24)22-8-7-20-5-3-4-6-21(20)15-22/h3-10,15-17,26,29,39H,2,11-14,18-19H2,1H3,(H2,38,40,41)/t26-,29+/m0/s1. The molecule has 2 atom stereocenters. The first-order valence-electron chi connectivity index (χ1n) is 14.9. The van der Waals surface area contributed by atoms with Gasteiger partial charge in [-0.15, -0.1) is 0 Å². The lowest BCUT2D eigenvalue weighted by Crippen LogP contribution is -2.41. The Bertz CT molecular complexity index is 1710. The number of alkyl halides is 3. The molecule has 4 aromatic rings. The number of hydrogen-bond donors (Lipinski definition) is 2. The lowest BCUT2D eigenvalue weighted by atomic mass is 9.76. The number of benzene rings is 3. The Morgan fingerprint density at radius 2 is 1.84 bits per heavy atom. The minimum atomic E-state index is -4.79. The number of anilines is 2. The normalized spacial score (nSPS) is 18.7. The molecule has 0 aliphatic carbocycles. The van der Waals surface area contributed by atoms with Crippen molar-refractivity contribution in [2.24, 2.45) is 5.41 Å². The van der Waals surface area contributed by atoms with Crippen molar-refractivity contribution >= 4 is 40.1 Å². The van der Waals surface area contributed by atoms with Gasteiger partial charge in [0.2, 0.25) is 17.9 Å². The number of rotatable bonds is 7. The van der Waals surface area contributed by atoms with E-state index in [1.165, 1.54) is 24.3 Å². The van der Waals surface area contributed by atoms with E-state index in [4.69, 9.17) is 26.8 Å². The summed E-state index contributed by atoms with van der Waals surface area (Å²) < 4.78 is 55.0. The lowest BCUT2D eigenvalue weighted by molar-refractivity contribution is -0.198. The maximum absolute atomic E-state index is 14.7. The van der Waals surface area contributed by atoms with Crippen molar-refractivity contribution in [2.75, 3.05) is 36.9 Å². The van der Waals surface area contributed by atoms with Crippen molar-refractivity contribution in [1.82, 2.24) is 15.3 Å². The predicted molar refractivity (Wildman–Crippen MR) is 167 cm³/mol. The van der Waals surface area contributed by atoms with E-state index in [1.807, 2.05) is 41.3 Å². The van der Waals surface area contributed by atoms with E-state index >= 15 is 0 Å². The second kappa shape index (κ2) is 12.4. The highest BCUT2D eigenvalue weighted by molar-refractivity contribution is 6.30. The van der Waals surface area contributed by atoms with Crippen molar-refractivity contribution in [1.29, 1.82) is 0 Å². The van der Waals surface area contributed by atoms with Crippen molar-refractivity contribution in [2.45, 2.75) is 44.5 Å². The molecule has 0 bridgehead atoms. The van der Waals surface area contributed by atoms with E-state index in [1.54, 1.807) is 13.0 Å². The number of nitrogen functional groups attached to an aromatic ring is 1. The van der Waals surface area contributed by atoms with Gasteiger partial charge < -0.3 is 25.4 Å². The maximum Gasteiger partial charge on any atom is 0.429 e. The first-order chi connectivity index (χ1) is 21.5. The fourth-order valence-electron chi connectivity index (χ4n) is 6.36. The molecular weight excluding hydrogens is 607 g/mol. The number of carbonyl (C=O) groups excluding carboxylic acids is 1. The number of halogens is 4. The summed E-state index contributed by atoms with van der Waals surface area (Å²) in [6.07, 6.45) is -4.94. The molecule has 2 fully saturated rings. The number of fused-ring (bicyclic) bond motifs is 1. The van der Waals surface area contributed by atoms with Gasteiger partial charge in [-0.05, 0) is 71.7 Å². The largest absolute Gasteiger partial charge is 0.465 e. The van der Waals surface area contributed by atoms with Crippen LogP contribution in [0.1, 0.15) is 37.9 Å². The molecule has 0 unspecified atom stereocenters. The number of nitrogens with zero attached hydrogens (tertiary/aromatic N) is 3. The van der Waals surface area contributed by atoms with Crippen LogP contribution in [-0.4, -0.2) is 54.4 Å². The molecule has 3 aromatic carbocycles. The number of aromatic nitrogens is 2. The van der Waals surface area contributed by atoms with Crippen LogP contribution < -0.4 is 20.7 Å². The minimum Gasteiger partial charge on any atom is -0.465 e. The van der Waals surface area contributed by atoms with Crippen molar-refractivity contribution in [3.05, 3.63) is 77.3 Å². The second-order valence-corrected chi connectivity index (χ2v) is 12.1. The Morgan fingerprint density at radius 3 is 2.58 bits per heavy atom. The van der Waals surface area contributed by atoms with Crippen molar-refractivity contribution in [3.8, 4) is 17.0 Å². The molecule has 6 rings (SSSR count). The molecule has 45 heavy (non-hydrogen) atoms. The Labute approximate surface area is 263 Å². The highest BCUT2D eigenvalue weighted by Gasteiger charge is 2.46. The quantitative estimate of drug-likeness (QED) is 0.215. The van der Waals surface area contributed by atoms with Crippen LogP contribution in [0.5, 0.6) is 5.88 Å². The predicted octanol–water partition coefficient (Wildman–Crippen LogP) is 6.73. The molecule has 12 heteroatoms. The molecule has 3 heterocycles. The summed E-state index contributed by atoms with van der Waals surface area (Å²) in [5.74, 6) is -0.346. The number of carbonyl (C=O) groups is 1. The molecule has 1 spiro atoms. The molecule has 0 amide bonds. The van der Waals surface area contributed by atoms with E-state index in [0.717, 1.165) is 23.6 Å². The average molecular weight is 640 g/mol. The molecule has 2 aliphatic rings. The first kappa shape index (κ1) is 30.9. The third-order valence-corrected chi connectivity index (χ3v) is 8.92. The van der Waals surface area contributed by atoms with E-state index in [0.29, 0.717) is 54.6 Å². The summed E-state index contributed by atoms with van der Waals surface area (Å²) >= 11 is 6.28. The Hall–Kier alpha value is -4.09. The van der Waals surface area contributed by atoms with Gasteiger partial charge in [-0.3, -0.25) is 4.79 Å². The second-order valence-electron chi connectivity index (χ2n) is 11.6. The summed E-state index contributed by atoms with van der Waals surface area (Å²) in [6, 6.07) is 18.4. The zero-order valence-electron chi connectivity index (χ0n) is 24.6. The van der Waals surface area contributed by atoms with Crippen LogP contribution in [0.2, 0.25) is 5.02 Å². The molecule has 2 saturated heterocycles. The van der Waals surface area contributed by atoms with Gasteiger partial charge in [0.1, 0.15) is 11.9 Å². The first-order valence-corrected chi connectivity index (χ1v) is 15.2. The fourth-order valence-corrected chi connectivity index (χ4v) is 6.53. The number of ether oxygens (including phenoxy) is 2. The highest BCUT2D eigenvalue weighted by Crippen LogP contribution is 2.44. The number of hydrogen-bond acceptors (Lipinski definition) is 8. The molecule has 8 nitrogen and oxygen atoms in total. The smallest absolute Gasteiger partial charge is 0.429 e. The van der Waals surface area contributed by atoms with Crippen molar-refractivity contribution in [3.63, 3.8) is 0 Å². The average Bonchev–Trinajstić information content (AvgIpc) is 3.43. The van der Waals surface area contributed by atoms with Crippen LogP contribution in [-0.2, 0) is 9.53 Å². The maximum atomic E-state index is 14.7. The van der Waals surface area contributed by atoms with Crippen LogP contribution in [0.25, 0.3) is 21.9 Å². The third kappa shape index (κ3) is 6.64. The number of piperidine rings is 1. The highest BCUT2D eigenvalue weighted by atomic mass is 35.5. The van der Waals surface area contributed by atoms with Gasteiger partial charge in [0.05, 0.1) is 6.61 Å². The number of nitrogens with two attached hydrogens (primary N) is 1. The molecule has 0 radical (unpaired) electrons. The third-order valence-electron chi connectivity index (χ3n) is 8.68. The zero-order chi connectivity index (χ0) is 31.8. The molecule has 0 saturated carbocycles. The molecule has 1 aromatic heterocycles. The summed E-state index contributed by atoms with van der Waals surface area (Å²) in [5, 5.41) is 5.42. The topological polar surface area (TPSA) is 103 Å².